The monoisotopic (exact) mass is 161 g/mol. The van der Waals surface area contributed by atoms with Gasteiger partial charge in [-0.1, -0.05) is 25.5 Å². The normalized spacial score (nSPS) is 13.1. The molecule has 0 amide bonds. The van der Waals surface area contributed by atoms with Crippen molar-refractivity contribution < 1.29 is 0 Å². The number of anilines is 1. The third-order valence-corrected chi connectivity index (χ3v) is 2.46. The van der Waals surface area contributed by atoms with Gasteiger partial charge in [0, 0.05) is 12.2 Å². The molecular weight excluding hydrogens is 146 g/mol. The quantitative estimate of drug-likeness (QED) is 0.718. The lowest BCUT2D eigenvalue weighted by molar-refractivity contribution is 0.793. The molecule has 64 valence electrons. The Morgan fingerprint density at radius 3 is 2.92 bits per heavy atom. The Kier molecular flexibility index (Phi) is 2.03. The Balaban J connectivity index is 2.08. The van der Waals surface area contributed by atoms with Gasteiger partial charge < -0.3 is 5.32 Å². The van der Waals surface area contributed by atoms with Gasteiger partial charge in [-0.25, -0.2) is 0 Å². The van der Waals surface area contributed by atoms with Crippen molar-refractivity contribution in [1.82, 2.24) is 0 Å². The van der Waals surface area contributed by atoms with E-state index in [1.165, 1.54) is 36.1 Å². The molecule has 0 spiro atoms. The van der Waals surface area contributed by atoms with Crippen molar-refractivity contribution in [2.75, 3.05) is 5.32 Å². The lowest BCUT2D eigenvalue weighted by atomic mass is 10.0. The van der Waals surface area contributed by atoms with E-state index in [1.807, 2.05) is 0 Å². The van der Waals surface area contributed by atoms with E-state index in [2.05, 4.69) is 30.4 Å². The minimum absolute atomic E-state index is 1.06. The van der Waals surface area contributed by atoms with Crippen LogP contribution in [0.25, 0.3) is 0 Å². The molecule has 0 aliphatic carbocycles. The van der Waals surface area contributed by atoms with Crippen molar-refractivity contribution in [3.05, 3.63) is 29.3 Å². The Hall–Kier alpha value is -0.980. The summed E-state index contributed by atoms with van der Waals surface area (Å²) in [7, 11) is 0. The molecule has 1 aliphatic rings. The van der Waals surface area contributed by atoms with Gasteiger partial charge in [0.05, 0.1) is 0 Å². The molecule has 1 nitrogen and oxygen atoms in total. The van der Waals surface area contributed by atoms with Crippen LogP contribution in [-0.4, -0.2) is 0 Å². The van der Waals surface area contributed by atoms with Crippen LogP contribution in [0.3, 0.4) is 0 Å². The van der Waals surface area contributed by atoms with Gasteiger partial charge in [-0.3, -0.25) is 0 Å². The second-order valence-corrected chi connectivity index (χ2v) is 3.45. The standard InChI is InChI=1S/C11H15N/c1-2-3-4-9-5-6-11-10(7-9)8-12-11/h5-7,12H,2-4,8H2,1H3. The van der Waals surface area contributed by atoms with Crippen LogP contribution < -0.4 is 5.32 Å². The maximum absolute atomic E-state index is 3.27. The average Bonchev–Trinajstić information content (AvgIpc) is 2.05. The van der Waals surface area contributed by atoms with Gasteiger partial charge in [0.1, 0.15) is 0 Å². The van der Waals surface area contributed by atoms with Gasteiger partial charge in [-0.2, -0.15) is 0 Å². The van der Waals surface area contributed by atoms with E-state index in [9.17, 15) is 0 Å². The summed E-state index contributed by atoms with van der Waals surface area (Å²) < 4.78 is 0. The first kappa shape index (κ1) is 7.66. The molecule has 1 aromatic rings. The Morgan fingerprint density at radius 2 is 2.33 bits per heavy atom. The zero-order valence-electron chi connectivity index (χ0n) is 7.56. The molecule has 0 fully saturated rings. The maximum atomic E-state index is 3.27. The summed E-state index contributed by atoms with van der Waals surface area (Å²) in [6.07, 6.45) is 3.84. The molecule has 0 atom stereocenters. The number of benzene rings is 1. The van der Waals surface area contributed by atoms with E-state index in [1.54, 1.807) is 0 Å². The van der Waals surface area contributed by atoms with Crippen LogP contribution in [0, 0.1) is 0 Å². The molecule has 0 saturated heterocycles. The Morgan fingerprint density at radius 1 is 1.42 bits per heavy atom. The topological polar surface area (TPSA) is 12.0 Å². The van der Waals surface area contributed by atoms with E-state index in [-0.39, 0.29) is 0 Å². The predicted octanol–water partition coefficient (Wildman–Crippen LogP) is 2.95. The van der Waals surface area contributed by atoms with Gasteiger partial charge >= 0.3 is 0 Å². The summed E-state index contributed by atoms with van der Waals surface area (Å²) in [5.74, 6) is 0. The zero-order valence-corrected chi connectivity index (χ0v) is 7.56. The van der Waals surface area contributed by atoms with Gasteiger partial charge in [0.15, 0.2) is 0 Å². The Bertz CT molecular complexity index is 278. The number of rotatable bonds is 3. The molecule has 0 unspecified atom stereocenters. The average molecular weight is 161 g/mol. The number of hydrogen-bond donors (Lipinski definition) is 1. The van der Waals surface area contributed by atoms with Crippen LogP contribution in [-0.2, 0) is 13.0 Å². The lowest BCUT2D eigenvalue weighted by Gasteiger charge is -2.21. The second kappa shape index (κ2) is 3.18. The summed E-state index contributed by atoms with van der Waals surface area (Å²) in [4.78, 5) is 0. The lowest BCUT2D eigenvalue weighted by Crippen LogP contribution is -2.13. The number of nitrogens with one attached hydrogen (secondary N) is 1. The van der Waals surface area contributed by atoms with E-state index in [0.717, 1.165) is 6.54 Å². The molecule has 1 heteroatoms. The van der Waals surface area contributed by atoms with Crippen LogP contribution in [0.5, 0.6) is 0 Å². The molecule has 0 aromatic heterocycles. The first-order chi connectivity index (χ1) is 5.90. The maximum Gasteiger partial charge on any atom is 0.0421 e. The molecular formula is C11H15N. The van der Waals surface area contributed by atoms with Crippen molar-refractivity contribution in [1.29, 1.82) is 0 Å². The van der Waals surface area contributed by atoms with E-state index in [0.29, 0.717) is 0 Å². The zero-order chi connectivity index (χ0) is 8.39. The summed E-state index contributed by atoms with van der Waals surface area (Å²) in [6.45, 7) is 3.30. The first-order valence-electron chi connectivity index (χ1n) is 4.76. The van der Waals surface area contributed by atoms with E-state index in [4.69, 9.17) is 0 Å². The van der Waals surface area contributed by atoms with Crippen LogP contribution >= 0.6 is 0 Å². The number of hydrogen-bond acceptors (Lipinski definition) is 1. The molecule has 1 aliphatic heterocycles. The second-order valence-electron chi connectivity index (χ2n) is 3.45. The van der Waals surface area contributed by atoms with Gasteiger partial charge in [-0.05, 0) is 30.0 Å². The molecule has 2 rings (SSSR count). The first-order valence-corrected chi connectivity index (χ1v) is 4.76. The summed E-state index contributed by atoms with van der Waals surface area (Å²) in [6, 6.07) is 6.77. The highest BCUT2D eigenvalue weighted by molar-refractivity contribution is 5.60. The Labute approximate surface area is 73.8 Å². The van der Waals surface area contributed by atoms with E-state index >= 15 is 0 Å². The minimum Gasteiger partial charge on any atom is -0.381 e. The SMILES string of the molecule is CCCCc1ccc2c(c1)CN2. The van der Waals surface area contributed by atoms with Gasteiger partial charge in [-0.15, -0.1) is 0 Å². The fourth-order valence-electron chi connectivity index (χ4n) is 1.59. The van der Waals surface area contributed by atoms with Gasteiger partial charge in [0.25, 0.3) is 0 Å². The highest BCUT2D eigenvalue weighted by Gasteiger charge is 2.10. The molecule has 12 heavy (non-hydrogen) atoms. The molecule has 0 saturated carbocycles. The fourth-order valence-corrected chi connectivity index (χ4v) is 1.59. The smallest absolute Gasteiger partial charge is 0.0421 e. The van der Waals surface area contributed by atoms with Crippen molar-refractivity contribution in [3.8, 4) is 0 Å². The molecule has 1 heterocycles. The molecule has 0 radical (unpaired) electrons. The van der Waals surface area contributed by atoms with Crippen molar-refractivity contribution >= 4 is 5.69 Å². The fraction of sp³-hybridized carbons (Fsp3) is 0.455. The molecule has 1 aromatic carbocycles. The van der Waals surface area contributed by atoms with Crippen molar-refractivity contribution in [2.24, 2.45) is 0 Å². The van der Waals surface area contributed by atoms with Crippen molar-refractivity contribution in [2.45, 2.75) is 32.7 Å². The highest BCUT2D eigenvalue weighted by Crippen LogP contribution is 2.26. The third kappa shape index (κ3) is 1.31. The van der Waals surface area contributed by atoms with Crippen LogP contribution in [0.2, 0.25) is 0 Å². The summed E-state index contributed by atoms with van der Waals surface area (Å²) >= 11 is 0. The number of fused-ring (bicyclic) bond motifs is 1. The summed E-state index contributed by atoms with van der Waals surface area (Å²) in [5, 5.41) is 3.27. The molecule has 1 N–H and O–H groups in total. The van der Waals surface area contributed by atoms with Crippen LogP contribution in [0.4, 0.5) is 5.69 Å². The third-order valence-electron chi connectivity index (χ3n) is 2.46. The van der Waals surface area contributed by atoms with Gasteiger partial charge in [0.2, 0.25) is 0 Å². The molecule has 0 bridgehead atoms. The number of aryl methyl sites for hydroxylation is 1. The number of unbranched alkanes of at least 4 members (excludes halogenated alkanes) is 1. The minimum atomic E-state index is 1.06. The largest absolute Gasteiger partial charge is 0.381 e. The predicted molar refractivity (Wildman–Crippen MR) is 52.4 cm³/mol. The summed E-state index contributed by atoms with van der Waals surface area (Å²) in [5.41, 5.74) is 4.32. The van der Waals surface area contributed by atoms with Crippen LogP contribution in [0.1, 0.15) is 30.9 Å². The van der Waals surface area contributed by atoms with E-state index < -0.39 is 0 Å². The highest BCUT2D eigenvalue weighted by atomic mass is 14.9. The van der Waals surface area contributed by atoms with Crippen LogP contribution in [0.15, 0.2) is 18.2 Å². The van der Waals surface area contributed by atoms with Crippen molar-refractivity contribution in [3.63, 3.8) is 0 Å².